The number of sulfone groups is 1. The average molecular weight is 333 g/mol. The molecule has 0 unspecified atom stereocenters. The van der Waals surface area contributed by atoms with Crippen LogP contribution in [0, 0.1) is 5.92 Å². The molecule has 1 fully saturated rings. The lowest BCUT2D eigenvalue weighted by Crippen LogP contribution is -2.18. The van der Waals surface area contributed by atoms with Gasteiger partial charge in [-0.05, 0) is 43.9 Å². The maximum absolute atomic E-state index is 12.4. The lowest BCUT2D eigenvalue weighted by Gasteiger charge is -2.15. The number of benzene rings is 1. The van der Waals surface area contributed by atoms with Crippen molar-refractivity contribution < 1.29 is 13.2 Å². The molecular formula is C16H19N3O3S. The second-order valence-corrected chi connectivity index (χ2v) is 8.01. The van der Waals surface area contributed by atoms with Crippen LogP contribution in [0.25, 0.3) is 0 Å². The molecule has 1 heterocycles. The summed E-state index contributed by atoms with van der Waals surface area (Å²) in [5.41, 5.74) is 0.305. The molecule has 3 rings (SSSR count). The van der Waals surface area contributed by atoms with Gasteiger partial charge in [0.05, 0.1) is 17.1 Å². The smallest absolute Gasteiger partial charge is 0.256 e. The van der Waals surface area contributed by atoms with Gasteiger partial charge in [-0.1, -0.05) is 6.07 Å². The van der Waals surface area contributed by atoms with Crippen LogP contribution in [0.15, 0.2) is 41.4 Å². The molecular weight excluding hydrogens is 314 g/mol. The van der Waals surface area contributed by atoms with Crippen molar-refractivity contribution in [2.45, 2.75) is 30.7 Å². The van der Waals surface area contributed by atoms with Crippen molar-refractivity contribution in [1.82, 2.24) is 9.78 Å². The van der Waals surface area contributed by atoms with Crippen LogP contribution in [0.2, 0.25) is 0 Å². The second kappa shape index (κ2) is 5.81. The number of nitrogens with one attached hydrogen (secondary N) is 1. The quantitative estimate of drug-likeness (QED) is 0.911. The van der Waals surface area contributed by atoms with Crippen molar-refractivity contribution >= 4 is 21.6 Å². The van der Waals surface area contributed by atoms with Crippen LogP contribution in [0.4, 0.5) is 5.82 Å². The summed E-state index contributed by atoms with van der Waals surface area (Å²) in [7, 11) is -3.34. The number of hydrogen-bond acceptors (Lipinski definition) is 4. The van der Waals surface area contributed by atoms with Gasteiger partial charge in [0.1, 0.15) is 5.82 Å². The van der Waals surface area contributed by atoms with Gasteiger partial charge in [0.15, 0.2) is 9.84 Å². The highest BCUT2D eigenvalue weighted by molar-refractivity contribution is 7.90. The fourth-order valence-electron chi connectivity index (χ4n) is 2.57. The zero-order valence-electron chi connectivity index (χ0n) is 13.1. The number of aromatic nitrogens is 2. The van der Waals surface area contributed by atoms with Gasteiger partial charge in [0.2, 0.25) is 0 Å². The fourth-order valence-corrected chi connectivity index (χ4v) is 3.24. The summed E-state index contributed by atoms with van der Waals surface area (Å²) in [5.74, 6) is 0.888. The van der Waals surface area contributed by atoms with Crippen LogP contribution in [0.5, 0.6) is 0 Å². The van der Waals surface area contributed by atoms with E-state index in [0.29, 0.717) is 17.3 Å². The highest BCUT2D eigenvalue weighted by Gasteiger charge is 2.30. The van der Waals surface area contributed by atoms with Crippen LogP contribution >= 0.6 is 0 Å². The number of hydrogen-bond donors (Lipinski definition) is 1. The Morgan fingerprint density at radius 1 is 1.35 bits per heavy atom. The van der Waals surface area contributed by atoms with Gasteiger partial charge in [-0.25, -0.2) is 13.1 Å². The predicted octanol–water partition coefficient (Wildman–Crippen LogP) is 2.51. The predicted molar refractivity (Wildman–Crippen MR) is 87.2 cm³/mol. The maximum Gasteiger partial charge on any atom is 0.256 e. The van der Waals surface area contributed by atoms with Crippen molar-refractivity contribution in [2.24, 2.45) is 5.92 Å². The van der Waals surface area contributed by atoms with Crippen molar-refractivity contribution in [3.8, 4) is 0 Å². The minimum Gasteiger partial charge on any atom is -0.307 e. The summed E-state index contributed by atoms with van der Waals surface area (Å²) in [6.45, 7) is 2.09. The van der Waals surface area contributed by atoms with Crippen molar-refractivity contribution in [1.29, 1.82) is 0 Å². The molecule has 0 radical (unpaired) electrons. The third kappa shape index (κ3) is 3.44. The van der Waals surface area contributed by atoms with E-state index in [0.717, 1.165) is 6.26 Å². The molecule has 0 aliphatic heterocycles. The Kier molecular flexibility index (Phi) is 3.97. The third-order valence-electron chi connectivity index (χ3n) is 4.13. The molecule has 0 saturated heterocycles. The highest BCUT2D eigenvalue weighted by atomic mass is 32.2. The molecule has 1 saturated carbocycles. The zero-order chi connectivity index (χ0) is 16.6. The third-order valence-corrected chi connectivity index (χ3v) is 5.24. The van der Waals surface area contributed by atoms with Crippen LogP contribution in [0.1, 0.15) is 36.2 Å². The molecule has 1 atom stereocenters. The van der Waals surface area contributed by atoms with Gasteiger partial charge in [0, 0.05) is 17.9 Å². The number of amides is 1. The Labute approximate surface area is 135 Å². The Bertz CT molecular complexity index is 838. The standard InChI is InChI=1S/C16H19N3O3S/c1-11(12-6-7-12)19-15(8-9-17-19)18-16(20)13-4-3-5-14(10-13)23(2,21)22/h3-5,8-12H,6-7H2,1-2H3,(H,18,20)/t11-/m1/s1. The molecule has 1 aromatic carbocycles. The van der Waals surface area contributed by atoms with E-state index in [9.17, 15) is 13.2 Å². The number of rotatable bonds is 5. The summed E-state index contributed by atoms with van der Waals surface area (Å²) >= 11 is 0. The first-order valence-corrected chi connectivity index (χ1v) is 9.40. The molecule has 0 spiro atoms. The highest BCUT2D eigenvalue weighted by Crippen LogP contribution is 2.40. The first-order valence-electron chi connectivity index (χ1n) is 7.51. The molecule has 122 valence electrons. The summed E-state index contributed by atoms with van der Waals surface area (Å²) in [6.07, 6.45) is 5.15. The Hall–Kier alpha value is -2.15. The first-order chi connectivity index (χ1) is 10.9. The van der Waals surface area contributed by atoms with Gasteiger partial charge in [-0.15, -0.1) is 0 Å². The molecule has 1 aliphatic carbocycles. The average Bonchev–Trinajstić information content (AvgIpc) is 3.26. The summed E-state index contributed by atoms with van der Waals surface area (Å²) in [6, 6.07) is 8.01. The van der Waals surface area contributed by atoms with E-state index in [1.807, 2.05) is 4.68 Å². The largest absolute Gasteiger partial charge is 0.307 e. The fraction of sp³-hybridized carbons (Fsp3) is 0.375. The minimum atomic E-state index is -3.34. The Balaban J connectivity index is 1.81. The SMILES string of the molecule is C[C@H](C1CC1)n1nccc1NC(=O)c1cccc(S(C)(=O)=O)c1. The van der Waals surface area contributed by atoms with Crippen molar-refractivity contribution in [3.63, 3.8) is 0 Å². The molecule has 6 nitrogen and oxygen atoms in total. The second-order valence-electron chi connectivity index (χ2n) is 5.99. The van der Waals surface area contributed by atoms with Crippen LogP contribution in [0.3, 0.4) is 0 Å². The van der Waals surface area contributed by atoms with E-state index < -0.39 is 9.84 Å². The first kappa shape index (κ1) is 15.7. The molecule has 0 bridgehead atoms. The van der Waals surface area contributed by atoms with Gasteiger partial charge >= 0.3 is 0 Å². The van der Waals surface area contributed by atoms with E-state index in [4.69, 9.17) is 0 Å². The zero-order valence-corrected chi connectivity index (χ0v) is 13.9. The molecule has 1 aromatic heterocycles. The number of nitrogens with zero attached hydrogens (tertiary/aromatic N) is 2. The lowest BCUT2D eigenvalue weighted by molar-refractivity contribution is 0.102. The Morgan fingerprint density at radius 2 is 2.09 bits per heavy atom. The van der Waals surface area contributed by atoms with Crippen molar-refractivity contribution in [3.05, 3.63) is 42.1 Å². The van der Waals surface area contributed by atoms with E-state index >= 15 is 0 Å². The van der Waals surface area contributed by atoms with Gasteiger partial charge in [-0.3, -0.25) is 4.79 Å². The number of anilines is 1. The molecule has 1 N–H and O–H groups in total. The number of carbonyl (C=O) groups excluding carboxylic acids is 1. The molecule has 1 aliphatic rings. The summed E-state index contributed by atoms with van der Waals surface area (Å²) < 4.78 is 25.0. The van der Waals surface area contributed by atoms with Crippen molar-refractivity contribution in [2.75, 3.05) is 11.6 Å². The van der Waals surface area contributed by atoms with E-state index in [1.54, 1.807) is 24.4 Å². The minimum absolute atomic E-state index is 0.130. The molecule has 7 heteroatoms. The van der Waals surface area contributed by atoms with Crippen LogP contribution < -0.4 is 5.32 Å². The summed E-state index contributed by atoms with van der Waals surface area (Å²) in [5, 5.41) is 7.10. The number of carbonyl (C=O) groups is 1. The van der Waals surface area contributed by atoms with Gasteiger partial charge < -0.3 is 5.32 Å². The lowest BCUT2D eigenvalue weighted by atomic mass is 10.2. The molecule has 1 amide bonds. The van der Waals surface area contributed by atoms with Gasteiger partial charge in [-0.2, -0.15) is 5.10 Å². The molecule has 2 aromatic rings. The van der Waals surface area contributed by atoms with Gasteiger partial charge in [0.25, 0.3) is 5.91 Å². The normalized spacial score (nSPS) is 16.1. The Morgan fingerprint density at radius 3 is 2.74 bits per heavy atom. The van der Waals surface area contributed by atoms with E-state index in [-0.39, 0.29) is 16.8 Å². The summed E-state index contributed by atoms with van der Waals surface area (Å²) in [4.78, 5) is 12.5. The molecule has 23 heavy (non-hydrogen) atoms. The van der Waals surface area contributed by atoms with E-state index in [2.05, 4.69) is 17.3 Å². The maximum atomic E-state index is 12.4. The van der Waals surface area contributed by atoms with E-state index in [1.165, 1.54) is 25.0 Å². The monoisotopic (exact) mass is 333 g/mol. The van der Waals surface area contributed by atoms with Crippen LogP contribution in [-0.4, -0.2) is 30.4 Å². The van der Waals surface area contributed by atoms with Crippen LogP contribution in [-0.2, 0) is 9.84 Å². The topological polar surface area (TPSA) is 81.1 Å².